The topological polar surface area (TPSA) is 49.6 Å². The Hall–Kier alpha value is -3.08. The van der Waals surface area contributed by atoms with Crippen molar-refractivity contribution < 1.29 is 9.21 Å². The van der Waals surface area contributed by atoms with Gasteiger partial charge in [0.05, 0.1) is 12.1 Å². The number of aryl methyl sites for hydroxylation is 2. The molecule has 0 saturated carbocycles. The zero-order chi connectivity index (χ0) is 19.5. The largest absolute Gasteiger partial charge is 0.440 e. The van der Waals surface area contributed by atoms with Crippen LogP contribution in [0.4, 0.5) is 5.69 Å². The number of amides is 1. The van der Waals surface area contributed by atoms with Crippen LogP contribution < -0.4 is 4.90 Å². The van der Waals surface area contributed by atoms with Crippen LogP contribution in [0.5, 0.6) is 0 Å². The Morgan fingerprint density at radius 3 is 2.46 bits per heavy atom. The molecule has 2 aromatic carbocycles. The molecule has 5 nitrogen and oxygen atoms in total. The number of hydrogen-bond donors (Lipinski definition) is 0. The van der Waals surface area contributed by atoms with Gasteiger partial charge in [0.2, 0.25) is 11.8 Å². The molecule has 28 heavy (non-hydrogen) atoms. The molecule has 3 aromatic rings. The Balaban J connectivity index is 1.38. The maximum absolute atomic E-state index is 12.8. The number of benzene rings is 2. The fourth-order valence-electron chi connectivity index (χ4n) is 3.58. The molecule has 1 fully saturated rings. The van der Waals surface area contributed by atoms with Gasteiger partial charge in [0.15, 0.2) is 0 Å². The SMILES string of the molecule is Cc1cccc(N2CCN(C(=O)Cc3oc(-c4ccccc4)nc3C)CC2)c1. The van der Waals surface area contributed by atoms with Crippen LogP contribution in [0.3, 0.4) is 0 Å². The first-order chi connectivity index (χ1) is 13.6. The van der Waals surface area contributed by atoms with Gasteiger partial charge in [0, 0.05) is 37.4 Å². The molecule has 1 saturated heterocycles. The van der Waals surface area contributed by atoms with Crippen LogP contribution in [-0.2, 0) is 11.2 Å². The van der Waals surface area contributed by atoms with E-state index in [1.807, 2.05) is 42.2 Å². The number of aromatic nitrogens is 1. The van der Waals surface area contributed by atoms with Gasteiger partial charge in [-0.05, 0) is 43.7 Å². The summed E-state index contributed by atoms with van der Waals surface area (Å²) in [5.74, 6) is 1.33. The van der Waals surface area contributed by atoms with Crippen LogP contribution in [0.15, 0.2) is 59.0 Å². The average molecular weight is 375 g/mol. The van der Waals surface area contributed by atoms with Crippen molar-refractivity contribution in [2.24, 2.45) is 0 Å². The quantitative estimate of drug-likeness (QED) is 0.695. The summed E-state index contributed by atoms with van der Waals surface area (Å²) in [5.41, 5.74) is 4.19. The number of carbonyl (C=O) groups excluding carboxylic acids is 1. The van der Waals surface area contributed by atoms with E-state index in [-0.39, 0.29) is 12.3 Å². The minimum atomic E-state index is 0.0998. The first-order valence-electron chi connectivity index (χ1n) is 9.71. The summed E-state index contributed by atoms with van der Waals surface area (Å²) >= 11 is 0. The third-order valence-electron chi connectivity index (χ3n) is 5.22. The van der Waals surface area contributed by atoms with Gasteiger partial charge >= 0.3 is 0 Å². The number of carbonyl (C=O) groups is 1. The van der Waals surface area contributed by atoms with Gasteiger partial charge in [0.1, 0.15) is 5.76 Å². The minimum absolute atomic E-state index is 0.0998. The molecule has 0 spiro atoms. The number of hydrogen-bond acceptors (Lipinski definition) is 4. The molecular formula is C23H25N3O2. The predicted molar refractivity (Wildman–Crippen MR) is 110 cm³/mol. The summed E-state index contributed by atoms with van der Waals surface area (Å²) in [6.45, 7) is 7.15. The smallest absolute Gasteiger partial charge is 0.230 e. The van der Waals surface area contributed by atoms with E-state index in [1.165, 1.54) is 11.3 Å². The van der Waals surface area contributed by atoms with E-state index in [1.54, 1.807) is 0 Å². The van der Waals surface area contributed by atoms with Crippen LogP contribution in [0, 0.1) is 13.8 Å². The standard InChI is InChI=1S/C23H25N3O2/c1-17-7-6-10-20(15-17)25-11-13-26(14-12-25)22(27)16-21-18(2)24-23(28-21)19-8-4-3-5-9-19/h3-10,15H,11-14,16H2,1-2H3. The van der Waals surface area contributed by atoms with Crippen molar-refractivity contribution in [1.29, 1.82) is 0 Å². The van der Waals surface area contributed by atoms with Gasteiger partial charge in [-0.3, -0.25) is 4.79 Å². The monoisotopic (exact) mass is 375 g/mol. The Morgan fingerprint density at radius 1 is 1.00 bits per heavy atom. The number of rotatable bonds is 4. The summed E-state index contributed by atoms with van der Waals surface area (Å²) < 4.78 is 5.90. The highest BCUT2D eigenvalue weighted by atomic mass is 16.4. The molecule has 0 bridgehead atoms. The van der Waals surface area contributed by atoms with E-state index < -0.39 is 0 Å². The Bertz CT molecular complexity index is 957. The Morgan fingerprint density at radius 2 is 1.75 bits per heavy atom. The molecule has 1 aliphatic rings. The van der Waals surface area contributed by atoms with Gasteiger partial charge in [-0.2, -0.15) is 0 Å². The normalized spacial score (nSPS) is 14.4. The van der Waals surface area contributed by atoms with Gasteiger partial charge in [-0.15, -0.1) is 0 Å². The molecule has 5 heteroatoms. The van der Waals surface area contributed by atoms with Gasteiger partial charge < -0.3 is 14.2 Å². The lowest BCUT2D eigenvalue weighted by atomic mass is 10.2. The Kier molecular flexibility index (Phi) is 5.15. The third-order valence-corrected chi connectivity index (χ3v) is 5.22. The van der Waals surface area contributed by atoms with Crippen molar-refractivity contribution in [1.82, 2.24) is 9.88 Å². The van der Waals surface area contributed by atoms with Crippen LogP contribution >= 0.6 is 0 Å². The highest BCUT2D eigenvalue weighted by Gasteiger charge is 2.23. The molecule has 1 aliphatic heterocycles. The van der Waals surface area contributed by atoms with Crippen LogP contribution in [-0.4, -0.2) is 42.0 Å². The molecule has 4 rings (SSSR count). The van der Waals surface area contributed by atoms with Crippen LogP contribution in [0.1, 0.15) is 17.0 Å². The highest BCUT2D eigenvalue weighted by Crippen LogP contribution is 2.23. The maximum Gasteiger partial charge on any atom is 0.230 e. The lowest BCUT2D eigenvalue weighted by Crippen LogP contribution is -2.49. The molecule has 144 valence electrons. The number of piperazine rings is 1. The summed E-state index contributed by atoms with van der Waals surface area (Å²) in [7, 11) is 0. The van der Waals surface area contributed by atoms with Crippen molar-refractivity contribution in [3.05, 3.63) is 71.6 Å². The third kappa shape index (κ3) is 3.93. The van der Waals surface area contributed by atoms with E-state index in [0.717, 1.165) is 37.4 Å². The van der Waals surface area contributed by atoms with E-state index in [9.17, 15) is 4.79 Å². The fourth-order valence-corrected chi connectivity index (χ4v) is 3.58. The predicted octanol–water partition coefficient (Wildman–Crippen LogP) is 3.85. The highest BCUT2D eigenvalue weighted by molar-refractivity contribution is 5.79. The zero-order valence-electron chi connectivity index (χ0n) is 16.4. The summed E-state index contributed by atoms with van der Waals surface area (Å²) in [5, 5.41) is 0. The van der Waals surface area contributed by atoms with Crippen LogP contribution in [0.25, 0.3) is 11.5 Å². The first kappa shape index (κ1) is 18.3. The van der Waals surface area contributed by atoms with Crippen molar-refractivity contribution in [2.75, 3.05) is 31.1 Å². The maximum atomic E-state index is 12.8. The molecule has 0 aliphatic carbocycles. The molecule has 0 atom stereocenters. The van der Waals surface area contributed by atoms with E-state index >= 15 is 0 Å². The van der Waals surface area contributed by atoms with E-state index in [0.29, 0.717) is 11.7 Å². The minimum Gasteiger partial charge on any atom is -0.440 e. The molecular weight excluding hydrogens is 350 g/mol. The van der Waals surface area contributed by atoms with Gasteiger partial charge in [-0.25, -0.2) is 4.98 Å². The lowest BCUT2D eigenvalue weighted by Gasteiger charge is -2.36. The summed E-state index contributed by atoms with van der Waals surface area (Å²) in [4.78, 5) is 21.5. The van der Waals surface area contributed by atoms with Gasteiger partial charge in [-0.1, -0.05) is 30.3 Å². The number of nitrogens with zero attached hydrogens (tertiary/aromatic N) is 3. The lowest BCUT2D eigenvalue weighted by molar-refractivity contribution is -0.131. The molecule has 0 N–H and O–H groups in total. The zero-order valence-corrected chi connectivity index (χ0v) is 16.4. The molecule has 0 unspecified atom stereocenters. The fraction of sp³-hybridized carbons (Fsp3) is 0.304. The summed E-state index contributed by atoms with van der Waals surface area (Å²) in [6.07, 6.45) is 0.260. The second kappa shape index (κ2) is 7.89. The first-order valence-corrected chi connectivity index (χ1v) is 9.71. The number of oxazole rings is 1. The van der Waals surface area contributed by atoms with Crippen molar-refractivity contribution >= 4 is 11.6 Å². The van der Waals surface area contributed by atoms with Gasteiger partial charge in [0.25, 0.3) is 0 Å². The van der Waals surface area contributed by atoms with Crippen LogP contribution in [0.2, 0.25) is 0 Å². The molecule has 1 amide bonds. The second-order valence-electron chi connectivity index (χ2n) is 7.28. The number of anilines is 1. The second-order valence-corrected chi connectivity index (χ2v) is 7.28. The summed E-state index contributed by atoms with van der Waals surface area (Å²) in [6, 6.07) is 18.3. The van der Waals surface area contributed by atoms with E-state index in [2.05, 4.69) is 41.1 Å². The Labute approximate surface area is 165 Å². The molecule has 1 aromatic heterocycles. The van der Waals surface area contributed by atoms with Crippen molar-refractivity contribution in [3.63, 3.8) is 0 Å². The molecule has 2 heterocycles. The van der Waals surface area contributed by atoms with Crippen molar-refractivity contribution in [2.45, 2.75) is 20.3 Å². The van der Waals surface area contributed by atoms with Crippen molar-refractivity contribution in [3.8, 4) is 11.5 Å². The van der Waals surface area contributed by atoms with E-state index in [4.69, 9.17) is 4.42 Å². The molecule has 0 radical (unpaired) electrons. The average Bonchev–Trinajstić information content (AvgIpc) is 3.09.